The molecule has 144 valence electrons. The molecule has 4 rings (SSSR count). The minimum Gasteiger partial charge on any atom is -0.352 e. The molecule has 2 atom stereocenters. The fraction of sp³-hybridized carbons (Fsp3) is 0.273. The molecule has 0 aliphatic carbocycles. The van der Waals surface area contributed by atoms with E-state index in [1.165, 1.54) is 0 Å². The van der Waals surface area contributed by atoms with E-state index in [1.807, 2.05) is 36.5 Å². The van der Waals surface area contributed by atoms with E-state index in [0.717, 1.165) is 33.8 Å². The molecule has 0 saturated carbocycles. The first-order valence-electron chi connectivity index (χ1n) is 9.46. The highest BCUT2D eigenvalue weighted by atomic mass is 35.5. The molecule has 2 aromatic heterocycles. The van der Waals surface area contributed by atoms with Crippen molar-refractivity contribution < 1.29 is 0 Å². The number of nitrogens with zero attached hydrogens (tertiary/aromatic N) is 3. The Morgan fingerprint density at radius 1 is 1.14 bits per heavy atom. The van der Waals surface area contributed by atoms with Gasteiger partial charge in [-0.25, -0.2) is 0 Å². The van der Waals surface area contributed by atoms with Crippen LogP contribution in [0.15, 0.2) is 67.0 Å². The van der Waals surface area contributed by atoms with E-state index in [0.29, 0.717) is 5.92 Å². The first-order chi connectivity index (χ1) is 13.5. The first-order valence-corrected chi connectivity index (χ1v) is 10.2. The van der Waals surface area contributed by atoms with Gasteiger partial charge in [-0.1, -0.05) is 37.6 Å². The van der Waals surface area contributed by atoms with Crippen LogP contribution < -0.4 is 5.32 Å². The summed E-state index contributed by atoms with van der Waals surface area (Å²) in [7, 11) is 0. The third-order valence-corrected chi connectivity index (χ3v) is 5.52. The van der Waals surface area contributed by atoms with Crippen molar-refractivity contribution in [2.24, 2.45) is 5.92 Å². The minimum absolute atomic E-state index is 0.0136. The standard InChI is InChI=1S/C22H23ClN4S/c1-15(2)14-27-21(20(25-22(27)28)18-9-3-4-11-24-18)19-10-6-12-26(19)17-8-5-7-16(23)13-17/h3-13,15,20-21H,14H2,1-2H3,(H,25,28)/t20-,21-/m0/s1. The van der Waals surface area contributed by atoms with Gasteiger partial charge in [0.1, 0.15) is 0 Å². The summed E-state index contributed by atoms with van der Waals surface area (Å²) in [5.74, 6) is 0.485. The lowest BCUT2D eigenvalue weighted by molar-refractivity contribution is 0.280. The largest absolute Gasteiger partial charge is 0.352 e. The van der Waals surface area contributed by atoms with Crippen LogP contribution in [0.1, 0.15) is 37.3 Å². The number of rotatable bonds is 5. The van der Waals surface area contributed by atoms with Crippen molar-refractivity contribution in [3.8, 4) is 5.69 Å². The average Bonchev–Trinajstić information content (AvgIpc) is 3.27. The normalized spacial score (nSPS) is 19.3. The highest BCUT2D eigenvalue weighted by Crippen LogP contribution is 2.40. The van der Waals surface area contributed by atoms with E-state index < -0.39 is 0 Å². The molecule has 28 heavy (non-hydrogen) atoms. The Hall–Kier alpha value is -2.37. The van der Waals surface area contributed by atoms with Gasteiger partial charge in [0.2, 0.25) is 0 Å². The van der Waals surface area contributed by atoms with Crippen LogP contribution in [0, 0.1) is 5.92 Å². The van der Waals surface area contributed by atoms with Crippen molar-refractivity contribution in [1.29, 1.82) is 0 Å². The third-order valence-electron chi connectivity index (χ3n) is 4.93. The summed E-state index contributed by atoms with van der Waals surface area (Å²) in [5.41, 5.74) is 3.18. The second kappa shape index (κ2) is 7.94. The number of aromatic nitrogens is 2. The lowest BCUT2D eigenvalue weighted by Gasteiger charge is -2.30. The summed E-state index contributed by atoms with van der Waals surface area (Å²) in [4.78, 5) is 6.89. The maximum Gasteiger partial charge on any atom is 0.170 e. The summed E-state index contributed by atoms with van der Waals surface area (Å²) in [6.07, 6.45) is 3.91. The second-order valence-electron chi connectivity index (χ2n) is 7.46. The van der Waals surface area contributed by atoms with E-state index in [1.54, 1.807) is 0 Å². The zero-order valence-corrected chi connectivity index (χ0v) is 17.5. The predicted octanol–water partition coefficient (Wildman–Crippen LogP) is 5.15. The highest BCUT2D eigenvalue weighted by molar-refractivity contribution is 7.80. The van der Waals surface area contributed by atoms with Gasteiger partial charge in [0.15, 0.2) is 5.11 Å². The molecule has 1 aliphatic heterocycles. The summed E-state index contributed by atoms with van der Waals surface area (Å²) in [5, 5.41) is 5.00. The summed E-state index contributed by atoms with van der Waals surface area (Å²) >= 11 is 12.0. The summed E-state index contributed by atoms with van der Waals surface area (Å²) in [6.45, 7) is 5.30. The SMILES string of the molecule is CC(C)CN1C(=S)N[C@@H](c2ccccn2)[C@@H]1c1cccn1-c1cccc(Cl)c1. The van der Waals surface area contributed by atoms with Crippen LogP contribution in [0.3, 0.4) is 0 Å². The van der Waals surface area contributed by atoms with E-state index in [4.69, 9.17) is 23.8 Å². The Kier molecular flexibility index (Phi) is 5.38. The molecular formula is C22H23ClN4S. The van der Waals surface area contributed by atoms with Gasteiger partial charge in [0.25, 0.3) is 0 Å². The zero-order chi connectivity index (χ0) is 19.7. The Morgan fingerprint density at radius 3 is 2.71 bits per heavy atom. The zero-order valence-electron chi connectivity index (χ0n) is 15.9. The topological polar surface area (TPSA) is 33.1 Å². The molecule has 1 aromatic carbocycles. The van der Waals surface area contributed by atoms with Crippen LogP contribution in [0.5, 0.6) is 0 Å². The quantitative estimate of drug-likeness (QED) is 0.589. The highest BCUT2D eigenvalue weighted by Gasteiger charge is 2.41. The van der Waals surface area contributed by atoms with Gasteiger partial charge >= 0.3 is 0 Å². The number of pyridine rings is 1. The maximum absolute atomic E-state index is 6.25. The Morgan fingerprint density at radius 2 is 2.00 bits per heavy atom. The summed E-state index contributed by atoms with van der Waals surface area (Å²) in [6, 6.07) is 18.2. The van der Waals surface area contributed by atoms with Crippen molar-refractivity contribution in [2.75, 3.05) is 6.54 Å². The Bertz CT molecular complexity index is 969. The second-order valence-corrected chi connectivity index (χ2v) is 8.28. The predicted molar refractivity (Wildman–Crippen MR) is 118 cm³/mol. The number of hydrogen-bond acceptors (Lipinski definition) is 2. The summed E-state index contributed by atoms with van der Waals surface area (Å²) < 4.78 is 2.19. The molecule has 4 nitrogen and oxygen atoms in total. The molecule has 1 N–H and O–H groups in total. The van der Waals surface area contributed by atoms with Crippen LogP contribution in [-0.2, 0) is 0 Å². The van der Waals surface area contributed by atoms with Gasteiger partial charge in [-0.2, -0.15) is 0 Å². The van der Waals surface area contributed by atoms with E-state index in [9.17, 15) is 0 Å². The fourth-order valence-electron chi connectivity index (χ4n) is 3.81. The average molecular weight is 411 g/mol. The lowest BCUT2D eigenvalue weighted by Crippen LogP contribution is -2.33. The number of nitrogens with one attached hydrogen (secondary N) is 1. The van der Waals surface area contributed by atoms with E-state index >= 15 is 0 Å². The molecule has 0 spiro atoms. The Labute approximate surface area is 176 Å². The number of hydrogen-bond donors (Lipinski definition) is 1. The maximum atomic E-state index is 6.25. The molecule has 6 heteroatoms. The van der Waals surface area contributed by atoms with Crippen LogP contribution >= 0.6 is 23.8 Å². The molecular weight excluding hydrogens is 388 g/mol. The van der Waals surface area contributed by atoms with Crippen molar-refractivity contribution in [3.63, 3.8) is 0 Å². The molecule has 3 aromatic rings. The van der Waals surface area contributed by atoms with Crippen LogP contribution in [0.2, 0.25) is 5.02 Å². The van der Waals surface area contributed by atoms with E-state index in [-0.39, 0.29) is 12.1 Å². The first kappa shape index (κ1) is 19.0. The molecule has 1 fully saturated rings. The third kappa shape index (κ3) is 3.64. The molecule has 0 radical (unpaired) electrons. The van der Waals surface area contributed by atoms with E-state index in [2.05, 4.69) is 64.1 Å². The van der Waals surface area contributed by atoms with Crippen LogP contribution in [0.25, 0.3) is 5.69 Å². The van der Waals surface area contributed by atoms with Crippen molar-refractivity contribution in [2.45, 2.75) is 25.9 Å². The molecule has 3 heterocycles. The van der Waals surface area contributed by atoms with Gasteiger partial charge in [-0.05, 0) is 60.6 Å². The monoisotopic (exact) mass is 410 g/mol. The van der Waals surface area contributed by atoms with Crippen molar-refractivity contribution >= 4 is 28.9 Å². The lowest BCUT2D eigenvalue weighted by atomic mass is 10.0. The van der Waals surface area contributed by atoms with Gasteiger partial charge in [-0.3, -0.25) is 4.98 Å². The Balaban J connectivity index is 1.81. The van der Waals surface area contributed by atoms with Crippen molar-refractivity contribution in [3.05, 3.63) is 83.4 Å². The molecule has 0 unspecified atom stereocenters. The molecule has 1 aliphatic rings. The van der Waals surface area contributed by atoms with Crippen LogP contribution in [0.4, 0.5) is 0 Å². The van der Waals surface area contributed by atoms with Gasteiger partial charge in [0.05, 0.1) is 17.8 Å². The van der Waals surface area contributed by atoms with Crippen LogP contribution in [-0.4, -0.2) is 26.1 Å². The fourth-order valence-corrected chi connectivity index (χ4v) is 4.31. The van der Waals surface area contributed by atoms with Gasteiger partial charge < -0.3 is 14.8 Å². The number of benzene rings is 1. The minimum atomic E-state index is -0.0136. The molecule has 1 saturated heterocycles. The van der Waals surface area contributed by atoms with Gasteiger partial charge in [-0.15, -0.1) is 0 Å². The number of thiocarbonyl (C=S) groups is 1. The number of halogens is 1. The van der Waals surface area contributed by atoms with Gasteiger partial charge in [0, 0.05) is 35.3 Å². The van der Waals surface area contributed by atoms with Crippen molar-refractivity contribution in [1.82, 2.24) is 19.8 Å². The molecule has 0 bridgehead atoms. The smallest absolute Gasteiger partial charge is 0.170 e. The molecule has 0 amide bonds.